The Kier molecular flexibility index (Phi) is 5.67. The number of nitriles is 2. The first-order valence-electron chi connectivity index (χ1n) is 15.6. The van der Waals surface area contributed by atoms with Gasteiger partial charge < -0.3 is 8.83 Å². The maximum atomic E-state index is 10.7. The SMILES string of the molecule is [2H]c1cc2c(c3c1oc1c(C#N)c(C(C)(C)C)c(C(C)(C)C)c(C#N)c1oc1c([2H])cc4c(c13)CCCC4)CCCC2. The number of hydrogen-bond donors (Lipinski definition) is 0. The zero-order valence-corrected chi connectivity index (χ0v) is 24.5. The van der Waals surface area contributed by atoms with E-state index in [0.717, 1.165) is 95.5 Å². The zero-order chi connectivity index (χ0) is 30.1. The third-order valence-electron chi connectivity index (χ3n) is 8.63. The summed E-state index contributed by atoms with van der Waals surface area (Å²) in [5.41, 5.74) is 6.89. The van der Waals surface area contributed by atoms with E-state index in [1.165, 1.54) is 0 Å². The van der Waals surface area contributed by atoms with E-state index in [1.807, 2.05) is 53.7 Å². The Labute approximate surface area is 239 Å². The summed E-state index contributed by atoms with van der Waals surface area (Å²) in [5, 5.41) is 23.1. The minimum absolute atomic E-state index is 0.167. The van der Waals surface area contributed by atoms with E-state index in [1.54, 1.807) is 0 Å². The van der Waals surface area contributed by atoms with Crippen molar-refractivity contribution in [3.8, 4) is 12.1 Å². The monoisotopic (exact) mass is 532 g/mol. The van der Waals surface area contributed by atoms with Crippen LogP contribution in [0.2, 0.25) is 0 Å². The molecule has 0 unspecified atom stereocenters. The van der Waals surface area contributed by atoms with Crippen LogP contribution >= 0.6 is 0 Å². The summed E-state index contributed by atoms with van der Waals surface area (Å²) in [4.78, 5) is 0. The molecule has 1 aromatic heterocycles. The molecule has 6 rings (SSSR count). The molecule has 4 aromatic rings. The van der Waals surface area contributed by atoms with Crippen molar-refractivity contribution in [2.24, 2.45) is 0 Å². The Morgan fingerprint density at radius 2 is 1.02 bits per heavy atom. The van der Waals surface area contributed by atoms with Crippen LogP contribution in [0.5, 0.6) is 0 Å². The molecule has 3 aromatic carbocycles. The quantitative estimate of drug-likeness (QED) is 0.226. The van der Waals surface area contributed by atoms with Gasteiger partial charge in [0.15, 0.2) is 11.2 Å². The fourth-order valence-corrected chi connectivity index (χ4v) is 6.98. The zero-order valence-electron chi connectivity index (χ0n) is 26.5. The molecule has 0 radical (unpaired) electrons. The fraction of sp³-hybridized carbons (Fsp3) is 0.444. The van der Waals surface area contributed by atoms with E-state index in [0.29, 0.717) is 22.3 Å². The highest BCUT2D eigenvalue weighted by Gasteiger charge is 2.35. The van der Waals surface area contributed by atoms with Crippen molar-refractivity contribution in [1.82, 2.24) is 0 Å². The van der Waals surface area contributed by atoms with Gasteiger partial charge in [0.2, 0.25) is 0 Å². The summed E-state index contributed by atoms with van der Waals surface area (Å²) in [6, 6.07) is 9.18. The molecule has 0 N–H and O–H groups in total. The van der Waals surface area contributed by atoms with Crippen LogP contribution in [-0.2, 0) is 36.5 Å². The summed E-state index contributed by atoms with van der Waals surface area (Å²) in [6.07, 6.45) is 7.73. The molecule has 2 aliphatic carbocycles. The highest BCUT2D eigenvalue weighted by Crippen LogP contribution is 2.45. The number of fused-ring (bicyclic) bond motifs is 8. The van der Waals surface area contributed by atoms with Gasteiger partial charge in [-0.05, 0) is 108 Å². The molecule has 0 aliphatic heterocycles. The molecule has 204 valence electrons. The molecule has 4 nitrogen and oxygen atoms in total. The number of hydrogen-bond acceptors (Lipinski definition) is 4. The lowest BCUT2D eigenvalue weighted by molar-refractivity contribution is 0.523. The molecule has 0 bridgehead atoms. The molecule has 0 amide bonds. The minimum Gasteiger partial charge on any atom is -0.451 e. The van der Waals surface area contributed by atoms with Crippen LogP contribution in [0.15, 0.2) is 33.1 Å². The molecular weight excluding hydrogens is 492 g/mol. The van der Waals surface area contributed by atoms with E-state index < -0.39 is 10.8 Å². The molecule has 1 heterocycles. The standard InChI is InChI=1S/C36H38N2O2/c1-35(2,3)31-25(19-37)33-34(26(20-38)32(31)36(4,5)6)40-28-18-16-22-12-8-10-14-24(22)30(28)29-23-13-9-7-11-21(23)15-17-27(29)39-33/h15-18H,7-14H2,1-6H3/i17D,18D. The van der Waals surface area contributed by atoms with E-state index in [2.05, 4.69) is 12.1 Å². The van der Waals surface area contributed by atoms with Gasteiger partial charge in [-0.15, -0.1) is 0 Å². The van der Waals surface area contributed by atoms with E-state index in [-0.39, 0.29) is 23.3 Å². The molecule has 0 fully saturated rings. The fourth-order valence-electron chi connectivity index (χ4n) is 6.98. The Balaban J connectivity index is 2.03. The van der Waals surface area contributed by atoms with Crippen LogP contribution in [0.25, 0.3) is 33.1 Å². The Morgan fingerprint density at radius 3 is 1.38 bits per heavy atom. The van der Waals surface area contributed by atoms with Crippen molar-refractivity contribution >= 4 is 33.1 Å². The van der Waals surface area contributed by atoms with E-state index in [4.69, 9.17) is 8.83 Å². The van der Waals surface area contributed by atoms with Crippen LogP contribution < -0.4 is 0 Å². The second kappa shape index (κ2) is 9.42. The van der Waals surface area contributed by atoms with E-state index in [9.17, 15) is 13.3 Å². The van der Waals surface area contributed by atoms with Crippen LogP contribution in [0, 0.1) is 22.7 Å². The lowest BCUT2D eigenvalue weighted by Gasteiger charge is -2.32. The maximum absolute atomic E-state index is 10.7. The van der Waals surface area contributed by atoms with Crippen LogP contribution in [0.4, 0.5) is 0 Å². The van der Waals surface area contributed by atoms with Gasteiger partial charge in [0.1, 0.15) is 34.4 Å². The smallest absolute Gasteiger partial charge is 0.189 e. The second-order valence-corrected chi connectivity index (χ2v) is 13.5. The van der Waals surface area contributed by atoms with Gasteiger partial charge in [-0.25, -0.2) is 0 Å². The number of nitrogens with zero attached hydrogens (tertiary/aromatic N) is 2. The predicted molar refractivity (Wildman–Crippen MR) is 161 cm³/mol. The van der Waals surface area contributed by atoms with Crippen LogP contribution in [0.1, 0.15) is 114 Å². The average molecular weight is 533 g/mol. The van der Waals surface area contributed by atoms with Crippen molar-refractivity contribution in [1.29, 1.82) is 10.5 Å². The number of aryl methyl sites for hydroxylation is 4. The van der Waals surface area contributed by atoms with Gasteiger partial charge in [-0.2, -0.15) is 10.5 Å². The lowest BCUT2D eigenvalue weighted by atomic mass is 9.71. The normalized spacial score (nSPS) is 16.1. The first-order chi connectivity index (χ1) is 19.9. The van der Waals surface area contributed by atoms with Crippen molar-refractivity contribution in [3.05, 3.63) is 68.7 Å². The van der Waals surface area contributed by atoms with Gasteiger partial charge in [-0.1, -0.05) is 53.7 Å². The Bertz CT molecular complexity index is 1810. The average Bonchev–Trinajstić information content (AvgIpc) is 2.91. The molecular formula is C36H38N2O2. The second-order valence-electron chi connectivity index (χ2n) is 13.5. The van der Waals surface area contributed by atoms with Crippen molar-refractivity contribution < 1.29 is 11.6 Å². The molecule has 0 atom stereocenters. The number of benzene rings is 3. The third-order valence-corrected chi connectivity index (χ3v) is 8.63. The van der Waals surface area contributed by atoms with Gasteiger partial charge in [0.25, 0.3) is 0 Å². The summed E-state index contributed by atoms with van der Waals surface area (Å²) < 4.78 is 32.0. The first kappa shape index (κ1) is 24.1. The Hall–Kier alpha value is -3.76. The van der Waals surface area contributed by atoms with Gasteiger partial charge in [0, 0.05) is 10.8 Å². The van der Waals surface area contributed by atoms with Crippen molar-refractivity contribution in [3.63, 3.8) is 0 Å². The summed E-state index contributed by atoms with van der Waals surface area (Å²) >= 11 is 0. The van der Waals surface area contributed by atoms with Crippen molar-refractivity contribution in [2.75, 3.05) is 0 Å². The molecule has 2 aliphatic rings. The molecule has 0 saturated carbocycles. The summed E-state index contributed by atoms with van der Waals surface area (Å²) in [5.74, 6) is 0. The first-order valence-corrected chi connectivity index (χ1v) is 14.6. The number of rotatable bonds is 0. The van der Waals surface area contributed by atoms with Crippen LogP contribution in [0.3, 0.4) is 0 Å². The van der Waals surface area contributed by atoms with E-state index >= 15 is 0 Å². The maximum Gasteiger partial charge on any atom is 0.189 e. The lowest BCUT2D eigenvalue weighted by Crippen LogP contribution is -2.25. The Morgan fingerprint density at radius 1 is 0.650 bits per heavy atom. The largest absolute Gasteiger partial charge is 0.451 e. The molecule has 40 heavy (non-hydrogen) atoms. The molecule has 4 heteroatoms. The predicted octanol–water partition coefficient (Wildman–Crippen LogP) is 9.55. The van der Waals surface area contributed by atoms with Gasteiger partial charge in [-0.3, -0.25) is 0 Å². The van der Waals surface area contributed by atoms with Gasteiger partial charge in [0.05, 0.1) is 2.74 Å². The van der Waals surface area contributed by atoms with Crippen molar-refractivity contribution in [2.45, 2.75) is 104 Å². The highest BCUT2D eigenvalue weighted by molar-refractivity contribution is 6.07. The highest BCUT2D eigenvalue weighted by atomic mass is 16.4. The van der Waals surface area contributed by atoms with Gasteiger partial charge >= 0.3 is 0 Å². The summed E-state index contributed by atoms with van der Waals surface area (Å²) in [6.45, 7) is 12.2. The topological polar surface area (TPSA) is 73.9 Å². The molecule has 0 spiro atoms. The van der Waals surface area contributed by atoms with Crippen LogP contribution in [-0.4, -0.2) is 0 Å². The summed E-state index contributed by atoms with van der Waals surface area (Å²) in [7, 11) is 0. The minimum atomic E-state index is -0.486. The third kappa shape index (κ3) is 4.08. The molecule has 0 saturated heterocycles.